The summed E-state index contributed by atoms with van der Waals surface area (Å²) in [4.78, 5) is 34.2. The predicted octanol–water partition coefficient (Wildman–Crippen LogP) is -0.327. The number of piperazine rings is 1. The number of hydrogen-bond donors (Lipinski definition) is 1. The molecule has 0 amide bonds. The van der Waals surface area contributed by atoms with Crippen molar-refractivity contribution in [3.05, 3.63) is 50.9 Å². The maximum atomic E-state index is 13.3. The zero-order valence-corrected chi connectivity index (χ0v) is 16.9. The molecule has 1 aliphatic heterocycles. The average molecular weight is 414 g/mol. The molecule has 2 aromatic heterocycles. The number of hydrogen-bond acceptors (Lipinski definition) is 8. The average Bonchev–Trinajstić information content (AvgIpc) is 2.75. The molecule has 3 heterocycles. The van der Waals surface area contributed by atoms with Crippen molar-refractivity contribution in [2.45, 2.75) is 0 Å². The second-order valence-corrected chi connectivity index (χ2v) is 7.34. The van der Waals surface area contributed by atoms with Gasteiger partial charge in [-0.3, -0.25) is 14.3 Å². The van der Waals surface area contributed by atoms with E-state index in [2.05, 4.69) is 37.3 Å². The van der Waals surface area contributed by atoms with Crippen molar-refractivity contribution in [3.63, 3.8) is 0 Å². The van der Waals surface area contributed by atoms with E-state index in [9.17, 15) is 14.0 Å². The van der Waals surface area contributed by atoms with E-state index in [0.29, 0.717) is 12.2 Å². The summed E-state index contributed by atoms with van der Waals surface area (Å²) in [5, 5.41) is 11.2. The summed E-state index contributed by atoms with van der Waals surface area (Å²) >= 11 is 0. The van der Waals surface area contributed by atoms with E-state index in [1.54, 1.807) is 0 Å². The molecule has 0 saturated carbocycles. The molecule has 0 bridgehead atoms. The molecule has 3 aromatic rings. The fourth-order valence-electron chi connectivity index (χ4n) is 3.40. The van der Waals surface area contributed by atoms with E-state index in [4.69, 9.17) is 0 Å². The molecule has 0 unspecified atom stereocenters. The van der Waals surface area contributed by atoms with Gasteiger partial charge in [-0.1, -0.05) is 0 Å². The molecule has 4 rings (SSSR count). The van der Waals surface area contributed by atoms with Crippen LogP contribution in [0.4, 0.5) is 10.3 Å². The predicted molar refractivity (Wildman–Crippen MR) is 111 cm³/mol. The van der Waals surface area contributed by atoms with Gasteiger partial charge in [0.1, 0.15) is 5.82 Å². The third-order valence-electron chi connectivity index (χ3n) is 5.26. The standard InChI is InChI=1S/C19H23FN8O2/c1-25-9-11-27(12-10-25)8-7-21-18-22-15-16(23-24-18)28(19(30)26(2)17(15)29)14-5-3-13(20)4-6-14/h3-6H,7-12H2,1-2H3,(H,21,22,24). The molecule has 1 fully saturated rings. The first kappa shape index (κ1) is 20.1. The number of nitrogens with one attached hydrogen (secondary N) is 1. The number of aromatic nitrogens is 5. The highest BCUT2D eigenvalue weighted by atomic mass is 19.1. The number of rotatable bonds is 5. The van der Waals surface area contributed by atoms with E-state index < -0.39 is 17.1 Å². The summed E-state index contributed by atoms with van der Waals surface area (Å²) in [5.41, 5.74) is -0.761. The van der Waals surface area contributed by atoms with E-state index in [-0.39, 0.29) is 17.1 Å². The minimum absolute atomic E-state index is 0.0125. The van der Waals surface area contributed by atoms with Crippen molar-refractivity contribution >= 4 is 17.1 Å². The number of nitrogens with zero attached hydrogens (tertiary/aromatic N) is 7. The second kappa shape index (κ2) is 8.28. The van der Waals surface area contributed by atoms with Crippen molar-refractivity contribution in [3.8, 4) is 5.69 Å². The highest BCUT2D eigenvalue weighted by Crippen LogP contribution is 2.12. The van der Waals surface area contributed by atoms with Crippen LogP contribution in [0.15, 0.2) is 33.9 Å². The Bertz CT molecular complexity index is 1170. The molecule has 1 saturated heterocycles. The SMILES string of the molecule is CN1CCN(CCNc2nnc3c(n2)c(=O)n(C)c(=O)n3-c2ccc(F)cc2)CC1. The van der Waals surface area contributed by atoms with E-state index in [1.807, 2.05) is 0 Å². The molecule has 0 spiro atoms. The Morgan fingerprint density at radius 2 is 1.73 bits per heavy atom. The maximum absolute atomic E-state index is 13.3. The van der Waals surface area contributed by atoms with Crippen LogP contribution in [0.5, 0.6) is 0 Å². The molecule has 30 heavy (non-hydrogen) atoms. The Labute approximate surface area is 171 Å². The summed E-state index contributed by atoms with van der Waals surface area (Å²) in [6.07, 6.45) is 0. The van der Waals surface area contributed by atoms with Gasteiger partial charge in [0.2, 0.25) is 5.95 Å². The van der Waals surface area contributed by atoms with Crippen LogP contribution in [0, 0.1) is 5.82 Å². The lowest BCUT2D eigenvalue weighted by atomic mass is 10.3. The number of fused-ring (bicyclic) bond motifs is 1. The number of anilines is 1. The third kappa shape index (κ3) is 3.94. The lowest BCUT2D eigenvalue weighted by Gasteiger charge is -2.32. The van der Waals surface area contributed by atoms with Crippen LogP contribution in [0.25, 0.3) is 16.9 Å². The lowest BCUT2D eigenvalue weighted by Crippen LogP contribution is -2.45. The number of likely N-dealkylation sites (N-methyl/N-ethyl adjacent to an activating group) is 1. The van der Waals surface area contributed by atoms with Gasteiger partial charge >= 0.3 is 5.69 Å². The number of benzene rings is 1. The fraction of sp³-hybridized carbons (Fsp3) is 0.421. The molecule has 1 aliphatic rings. The molecule has 0 aliphatic carbocycles. The van der Waals surface area contributed by atoms with Gasteiger partial charge in [-0.15, -0.1) is 10.2 Å². The zero-order valence-electron chi connectivity index (χ0n) is 16.9. The molecule has 0 radical (unpaired) electrons. The van der Waals surface area contributed by atoms with E-state index in [0.717, 1.165) is 37.3 Å². The van der Waals surface area contributed by atoms with Gasteiger partial charge in [0.15, 0.2) is 11.2 Å². The summed E-state index contributed by atoms with van der Waals surface area (Å²) in [5.74, 6) is -0.213. The molecular weight excluding hydrogens is 391 g/mol. The van der Waals surface area contributed by atoms with Crippen molar-refractivity contribution in [2.24, 2.45) is 7.05 Å². The Balaban J connectivity index is 1.62. The first-order valence-corrected chi connectivity index (χ1v) is 9.71. The first-order valence-electron chi connectivity index (χ1n) is 9.71. The summed E-state index contributed by atoms with van der Waals surface area (Å²) in [6.45, 7) is 5.49. The zero-order chi connectivity index (χ0) is 21.3. The molecule has 1 N–H and O–H groups in total. The molecule has 0 atom stereocenters. The van der Waals surface area contributed by atoms with Gasteiger partial charge in [0.05, 0.1) is 5.69 Å². The largest absolute Gasteiger partial charge is 0.352 e. The number of halogens is 1. The normalized spacial score (nSPS) is 15.6. The van der Waals surface area contributed by atoms with Gasteiger partial charge in [-0.2, -0.15) is 0 Å². The summed E-state index contributed by atoms with van der Waals surface area (Å²) in [6, 6.07) is 5.33. The molecular formula is C19H23FN8O2. The van der Waals surface area contributed by atoms with Crippen LogP contribution < -0.4 is 16.6 Å². The topological polar surface area (TPSA) is 101 Å². The highest BCUT2D eigenvalue weighted by Gasteiger charge is 2.17. The minimum Gasteiger partial charge on any atom is -0.352 e. The van der Waals surface area contributed by atoms with Gasteiger partial charge in [0.25, 0.3) is 5.56 Å². The van der Waals surface area contributed by atoms with E-state index in [1.165, 1.54) is 35.9 Å². The Kier molecular flexibility index (Phi) is 5.55. The van der Waals surface area contributed by atoms with Gasteiger partial charge < -0.3 is 10.2 Å². The minimum atomic E-state index is -0.606. The van der Waals surface area contributed by atoms with Crippen LogP contribution >= 0.6 is 0 Å². The lowest BCUT2D eigenvalue weighted by molar-refractivity contribution is 0.158. The fourth-order valence-corrected chi connectivity index (χ4v) is 3.40. The molecule has 10 nitrogen and oxygen atoms in total. The van der Waals surface area contributed by atoms with Crippen LogP contribution in [-0.2, 0) is 7.05 Å². The Morgan fingerprint density at radius 3 is 2.43 bits per heavy atom. The van der Waals surface area contributed by atoms with Crippen LogP contribution in [0.2, 0.25) is 0 Å². The van der Waals surface area contributed by atoms with Crippen LogP contribution in [0.3, 0.4) is 0 Å². The van der Waals surface area contributed by atoms with Crippen molar-refractivity contribution in [2.75, 3.05) is 51.6 Å². The maximum Gasteiger partial charge on any atom is 0.337 e. The van der Waals surface area contributed by atoms with E-state index >= 15 is 0 Å². The summed E-state index contributed by atoms with van der Waals surface area (Å²) in [7, 11) is 3.48. The Hall–Kier alpha value is -3.18. The smallest absolute Gasteiger partial charge is 0.337 e. The molecule has 11 heteroatoms. The second-order valence-electron chi connectivity index (χ2n) is 7.34. The molecule has 158 valence electrons. The first-order chi connectivity index (χ1) is 14.4. The highest BCUT2D eigenvalue weighted by molar-refractivity contribution is 5.71. The van der Waals surface area contributed by atoms with Crippen LogP contribution in [0.1, 0.15) is 0 Å². The monoisotopic (exact) mass is 414 g/mol. The quantitative estimate of drug-likeness (QED) is 0.606. The van der Waals surface area contributed by atoms with Crippen LogP contribution in [-0.4, -0.2) is 80.4 Å². The Morgan fingerprint density at radius 1 is 1.03 bits per heavy atom. The van der Waals surface area contributed by atoms with Gasteiger partial charge in [-0.05, 0) is 31.3 Å². The van der Waals surface area contributed by atoms with Crippen molar-refractivity contribution in [1.82, 2.24) is 34.1 Å². The van der Waals surface area contributed by atoms with Gasteiger partial charge in [0, 0.05) is 46.3 Å². The van der Waals surface area contributed by atoms with Gasteiger partial charge in [-0.25, -0.2) is 18.7 Å². The summed E-state index contributed by atoms with van der Waals surface area (Å²) < 4.78 is 15.4. The van der Waals surface area contributed by atoms with Crippen molar-refractivity contribution < 1.29 is 4.39 Å². The molecule has 1 aromatic carbocycles. The third-order valence-corrected chi connectivity index (χ3v) is 5.26. The van der Waals surface area contributed by atoms with Crippen molar-refractivity contribution in [1.29, 1.82) is 0 Å².